The van der Waals surface area contributed by atoms with E-state index in [1.54, 1.807) is 0 Å². The molecule has 0 atom stereocenters. The van der Waals surface area contributed by atoms with Crippen molar-refractivity contribution in [2.24, 2.45) is 0 Å². The lowest BCUT2D eigenvalue weighted by molar-refractivity contribution is 0.483. The molecular weight excluding hydrogens is 1650 g/mol. The van der Waals surface area contributed by atoms with Gasteiger partial charge in [-0.15, -0.1) is 0 Å². The molecule has 0 aromatic heterocycles. The minimum absolute atomic E-state index is 0.495. The third-order valence-corrected chi connectivity index (χ3v) is 25.2. The zero-order valence-corrected chi connectivity index (χ0v) is 76.0. The molecule has 0 N–H and O–H groups in total. The zero-order chi connectivity index (χ0) is 91.5. The van der Waals surface area contributed by atoms with Gasteiger partial charge < -0.3 is 29.1 Å². The van der Waals surface area contributed by atoms with Gasteiger partial charge in [0.1, 0.15) is 23.0 Å². The third kappa shape index (κ3) is 18.4. The van der Waals surface area contributed by atoms with Crippen LogP contribution in [0.1, 0.15) is 26.3 Å². The van der Waals surface area contributed by atoms with E-state index in [-0.39, 0.29) is 0 Å². The second kappa shape index (κ2) is 38.8. The van der Waals surface area contributed by atoms with E-state index in [0.29, 0.717) is 23.0 Å². The zero-order valence-electron chi connectivity index (χ0n) is 76.0. The fraction of sp³-hybridized carbons (Fsp3) is 0.0308. The Morgan fingerprint density at radius 1 is 0.147 bits per heavy atom. The van der Waals surface area contributed by atoms with Crippen molar-refractivity contribution in [3.63, 3.8) is 0 Å². The molecule has 0 fully saturated rings. The second-order valence-electron chi connectivity index (χ2n) is 35.2. The summed E-state index contributed by atoms with van der Waals surface area (Å²) in [7, 11) is 0. The highest BCUT2D eigenvalue weighted by Crippen LogP contribution is 2.56. The maximum absolute atomic E-state index is 7.71. The first-order valence-corrected chi connectivity index (χ1v) is 46.5. The summed E-state index contributed by atoms with van der Waals surface area (Å²) in [6, 6.07) is 195. The summed E-state index contributed by atoms with van der Waals surface area (Å²) in [5, 5.41) is 0. The van der Waals surface area contributed by atoms with Crippen LogP contribution < -0.4 is 29.1 Å². The molecule has 0 aliphatic rings. The van der Waals surface area contributed by atoms with Gasteiger partial charge in [-0.3, -0.25) is 0 Å². The van der Waals surface area contributed by atoms with Crippen molar-refractivity contribution in [2.75, 3.05) is 19.6 Å². The first-order chi connectivity index (χ1) is 67.1. The molecule has 21 aromatic rings. The summed E-state index contributed by atoms with van der Waals surface area (Å²) < 4.78 is 15.4. The molecule has 0 amide bonds. The number of hydrogen-bond donors (Lipinski definition) is 0. The predicted octanol–water partition coefficient (Wildman–Crippen LogP) is 37.1. The average molecular weight is 1750 g/mol. The minimum Gasteiger partial charge on any atom is -0.457 e. The van der Waals surface area contributed by atoms with Gasteiger partial charge in [-0.2, -0.15) is 0 Å². The van der Waals surface area contributed by atoms with Gasteiger partial charge in [-0.1, -0.05) is 445 Å². The number of anilines is 12. The van der Waals surface area contributed by atoms with E-state index in [1.165, 1.54) is 0 Å². The summed E-state index contributed by atoms with van der Waals surface area (Å²) in [5.74, 6) is 2.56. The molecule has 0 aliphatic heterocycles. The number of ether oxygens (including phenoxy) is 2. The highest BCUT2D eigenvalue weighted by Gasteiger charge is 2.32. The lowest BCUT2D eigenvalue weighted by Gasteiger charge is -2.35. The lowest BCUT2D eigenvalue weighted by atomic mass is 9.86. The molecule has 0 bridgehead atoms. The summed E-state index contributed by atoms with van der Waals surface area (Å²) in [4.78, 5) is 9.91. The van der Waals surface area contributed by atoms with Gasteiger partial charge in [0.05, 0.1) is 45.5 Å². The summed E-state index contributed by atoms with van der Waals surface area (Å²) in [6.45, 7) is 7.00. The van der Waals surface area contributed by atoms with Gasteiger partial charge >= 0.3 is 0 Å². The van der Waals surface area contributed by atoms with Crippen molar-refractivity contribution in [2.45, 2.75) is 26.2 Å². The monoisotopic (exact) mass is 1750 g/mol. The molecule has 650 valence electrons. The Balaban J connectivity index is 0.875. The standard InChI is InChI=1S/C130H98N4O2/c1-130(2,3)107-84-110(131(126-78-36-34-72-120(126)97-52-22-8-23-53-97)112-87-114(91-118(89-112)135-116-70-40-66-105(82-116)95-48-18-6-19-49-95)133(108-68-38-64-103(80-108)93-44-14-4-15-45-93)128-122(99-56-26-10-27-57-99)74-42-75-123(128)100-58-28-11-29-59-100)86-111(85-107)132(127-79-37-35-73-121(127)98-54-24-9-25-55-98)113-88-115(92-119(90-113)136-117-71-41-67-106(83-117)96-50-20-7-21-51-96)134(109-69-39-65-104(81-109)94-46-16-5-17-47-94)129-124(101-60-30-12-31-61-101)76-43-77-125(129)102-62-32-13-33-63-102/h4-92H,1-3H3. The Morgan fingerprint density at radius 2 is 0.360 bits per heavy atom. The highest BCUT2D eigenvalue weighted by atomic mass is 16.5. The first kappa shape index (κ1) is 85.2. The third-order valence-electron chi connectivity index (χ3n) is 25.2. The topological polar surface area (TPSA) is 31.4 Å². The van der Waals surface area contributed by atoms with E-state index in [0.717, 1.165) is 185 Å². The molecule has 0 aliphatic carbocycles. The van der Waals surface area contributed by atoms with E-state index in [2.05, 4.69) is 580 Å². The predicted molar refractivity (Wildman–Crippen MR) is 571 cm³/mol. The molecule has 6 nitrogen and oxygen atoms in total. The van der Waals surface area contributed by atoms with Crippen molar-refractivity contribution >= 4 is 68.2 Å². The van der Waals surface area contributed by atoms with Crippen LogP contribution in [-0.2, 0) is 5.41 Å². The van der Waals surface area contributed by atoms with E-state index in [4.69, 9.17) is 9.47 Å². The Morgan fingerprint density at radius 3 is 0.647 bits per heavy atom. The van der Waals surface area contributed by atoms with Gasteiger partial charge in [0.2, 0.25) is 0 Å². The minimum atomic E-state index is -0.495. The van der Waals surface area contributed by atoms with Crippen molar-refractivity contribution in [3.8, 4) is 134 Å². The summed E-state index contributed by atoms with van der Waals surface area (Å²) in [5.41, 5.74) is 32.4. The average Bonchev–Trinajstić information content (AvgIpc) is 0.745. The van der Waals surface area contributed by atoms with E-state index in [9.17, 15) is 0 Å². The normalized spacial score (nSPS) is 11.2. The Labute approximate surface area is 797 Å². The molecule has 6 heteroatoms. The van der Waals surface area contributed by atoms with Crippen LogP contribution in [0.4, 0.5) is 68.2 Å². The van der Waals surface area contributed by atoms with Gasteiger partial charge in [-0.05, 0) is 180 Å². The summed E-state index contributed by atoms with van der Waals surface area (Å²) >= 11 is 0. The molecule has 0 saturated carbocycles. The van der Waals surface area contributed by atoms with Crippen molar-refractivity contribution < 1.29 is 9.47 Å². The van der Waals surface area contributed by atoms with Crippen molar-refractivity contribution in [1.82, 2.24) is 0 Å². The SMILES string of the molecule is CC(C)(C)c1cc(N(c2cc(Oc3cccc(-c4ccccc4)c3)cc(N(c3cccc(-c4ccccc4)c3)c3c(-c4ccccc4)cccc3-c3ccccc3)c2)c2ccccc2-c2ccccc2)cc(N(c2cc(Oc3cccc(-c4ccccc4)c3)cc(N(c3cccc(-c4ccccc4)c3)c3c(-c4ccccc4)cccc3-c3ccccc3)c2)c2ccccc2-c2ccccc2)c1. The molecule has 21 aromatic carbocycles. The Hall–Kier alpha value is -17.6. The van der Waals surface area contributed by atoms with Crippen LogP contribution in [0.5, 0.6) is 23.0 Å². The van der Waals surface area contributed by atoms with Crippen LogP contribution >= 0.6 is 0 Å². The number of para-hydroxylation sites is 4. The molecule has 0 radical (unpaired) electrons. The molecular formula is C130H98N4O2. The molecule has 0 saturated heterocycles. The Kier molecular flexibility index (Phi) is 24.3. The van der Waals surface area contributed by atoms with Crippen LogP contribution in [0.3, 0.4) is 0 Å². The van der Waals surface area contributed by atoms with Gasteiger partial charge in [0, 0.05) is 80.4 Å². The van der Waals surface area contributed by atoms with Crippen LogP contribution in [0.25, 0.3) is 111 Å². The lowest BCUT2D eigenvalue weighted by Crippen LogP contribution is -2.19. The quantitative estimate of drug-likeness (QED) is 0.0537. The number of nitrogens with zero attached hydrogens (tertiary/aromatic N) is 4. The van der Waals surface area contributed by atoms with Crippen LogP contribution in [0.15, 0.2) is 540 Å². The molecule has 0 spiro atoms. The summed E-state index contributed by atoms with van der Waals surface area (Å²) in [6.07, 6.45) is 0. The Bertz CT molecular complexity index is 7170. The van der Waals surface area contributed by atoms with Crippen molar-refractivity contribution in [1.29, 1.82) is 0 Å². The fourth-order valence-electron chi connectivity index (χ4n) is 18.7. The number of rotatable bonds is 26. The maximum Gasteiger partial charge on any atom is 0.131 e. The van der Waals surface area contributed by atoms with Crippen LogP contribution in [-0.4, -0.2) is 0 Å². The first-order valence-electron chi connectivity index (χ1n) is 46.5. The second-order valence-corrected chi connectivity index (χ2v) is 35.2. The van der Waals surface area contributed by atoms with Crippen LogP contribution in [0, 0.1) is 0 Å². The number of hydrogen-bond acceptors (Lipinski definition) is 6. The van der Waals surface area contributed by atoms with Gasteiger partial charge in [0.15, 0.2) is 0 Å². The molecule has 21 rings (SSSR count). The number of benzene rings is 21. The molecule has 0 heterocycles. The van der Waals surface area contributed by atoms with E-state index < -0.39 is 5.41 Å². The largest absolute Gasteiger partial charge is 0.457 e. The smallest absolute Gasteiger partial charge is 0.131 e. The van der Waals surface area contributed by atoms with Gasteiger partial charge in [-0.25, -0.2) is 0 Å². The fourth-order valence-corrected chi connectivity index (χ4v) is 18.7. The molecule has 136 heavy (non-hydrogen) atoms. The van der Waals surface area contributed by atoms with E-state index >= 15 is 0 Å². The van der Waals surface area contributed by atoms with E-state index in [1.807, 2.05) is 0 Å². The van der Waals surface area contributed by atoms with Gasteiger partial charge in [0.25, 0.3) is 0 Å². The van der Waals surface area contributed by atoms with Crippen molar-refractivity contribution in [3.05, 3.63) is 545 Å². The highest BCUT2D eigenvalue weighted by molar-refractivity contribution is 6.03. The maximum atomic E-state index is 7.71. The van der Waals surface area contributed by atoms with Crippen LogP contribution in [0.2, 0.25) is 0 Å². The molecule has 0 unspecified atom stereocenters.